The average Bonchev–Trinajstić information content (AvgIpc) is 2.86. The lowest BCUT2D eigenvalue weighted by Gasteiger charge is -1.92. The molecule has 3 aromatic heterocycles. The third-order valence-corrected chi connectivity index (χ3v) is 2.30. The van der Waals surface area contributed by atoms with Gasteiger partial charge in [0.1, 0.15) is 0 Å². The summed E-state index contributed by atoms with van der Waals surface area (Å²) in [4.78, 5) is 4.41. The number of hydrogen-bond donors (Lipinski definition) is 0. The molecule has 0 spiro atoms. The molecule has 0 radical (unpaired) electrons. The Bertz CT molecular complexity index is 595. The fourth-order valence-electron chi connectivity index (χ4n) is 1.55. The molecule has 0 fully saturated rings. The molecule has 3 heterocycles. The minimum absolute atomic E-state index is 0.620. The van der Waals surface area contributed by atoms with Gasteiger partial charge in [0.05, 0.1) is 6.26 Å². The largest absolute Gasteiger partial charge is 0.461 e. The van der Waals surface area contributed by atoms with Crippen LogP contribution >= 0.6 is 0 Å². The van der Waals surface area contributed by atoms with Crippen LogP contribution in [0.25, 0.3) is 17.2 Å². The third-order valence-electron chi connectivity index (χ3n) is 2.30. The highest BCUT2D eigenvalue weighted by molar-refractivity contribution is 5.54. The Morgan fingerprint density at radius 3 is 2.93 bits per heavy atom. The highest BCUT2D eigenvalue weighted by Crippen LogP contribution is 2.17. The lowest BCUT2D eigenvalue weighted by molar-refractivity contribution is 0.577. The Labute approximate surface area is 86.2 Å². The van der Waals surface area contributed by atoms with Crippen LogP contribution < -0.4 is 0 Å². The van der Waals surface area contributed by atoms with Gasteiger partial charge in [-0.1, -0.05) is 6.07 Å². The maximum Gasteiger partial charge on any atom is 0.217 e. The van der Waals surface area contributed by atoms with E-state index < -0.39 is 0 Å². The Morgan fingerprint density at radius 2 is 2.20 bits per heavy atom. The quantitative estimate of drug-likeness (QED) is 0.604. The van der Waals surface area contributed by atoms with E-state index in [2.05, 4.69) is 10.1 Å². The molecule has 15 heavy (non-hydrogen) atoms. The van der Waals surface area contributed by atoms with E-state index >= 15 is 0 Å². The van der Waals surface area contributed by atoms with E-state index in [0.717, 1.165) is 11.2 Å². The molecule has 0 saturated carbocycles. The lowest BCUT2D eigenvalue weighted by atomic mass is 10.3. The molecule has 0 saturated heterocycles. The summed E-state index contributed by atoms with van der Waals surface area (Å²) in [6.07, 6.45) is 3.50. The monoisotopic (exact) mass is 199 g/mol. The van der Waals surface area contributed by atoms with Gasteiger partial charge in [0.15, 0.2) is 11.4 Å². The molecule has 0 aliphatic carbocycles. The summed E-state index contributed by atoms with van der Waals surface area (Å²) >= 11 is 0. The number of aromatic nitrogens is 3. The standard InChI is InChI=1S/C11H9N3O/c1-8-4-2-6-14-11(8)12-10(13-14)9-5-3-7-15-9/h2-7H,1H3. The first-order chi connectivity index (χ1) is 7.34. The van der Waals surface area contributed by atoms with Crippen LogP contribution in [0.3, 0.4) is 0 Å². The normalized spacial score (nSPS) is 11.0. The zero-order valence-corrected chi connectivity index (χ0v) is 8.21. The van der Waals surface area contributed by atoms with Crippen LogP contribution in [0.2, 0.25) is 0 Å². The highest BCUT2D eigenvalue weighted by atomic mass is 16.3. The lowest BCUT2D eigenvalue weighted by Crippen LogP contribution is -1.87. The molecule has 0 N–H and O–H groups in total. The molecule has 74 valence electrons. The van der Waals surface area contributed by atoms with Crippen molar-refractivity contribution in [2.45, 2.75) is 6.92 Å². The van der Waals surface area contributed by atoms with Crippen molar-refractivity contribution in [1.82, 2.24) is 14.6 Å². The maximum absolute atomic E-state index is 5.25. The highest BCUT2D eigenvalue weighted by Gasteiger charge is 2.09. The van der Waals surface area contributed by atoms with Gasteiger partial charge in [-0.15, -0.1) is 5.10 Å². The predicted octanol–water partition coefficient (Wildman–Crippen LogP) is 2.30. The minimum Gasteiger partial charge on any atom is -0.461 e. The van der Waals surface area contributed by atoms with E-state index in [-0.39, 0.29) is 0 Å². The molecular weight excluding hydrogens is 190 g/mol. The summed E-state index contributed by atoms with van der Waals surface area (Å²) in [6.45, 7) is 2.01. The molecular formula is C11H9N3O. The second-order valence-corrected chi connectivity index (χ2v) is 3.37. The average molecular weight is 199 g/mol. The van der Waals surface area contributed by atoms with Crippen molar-refractivity contribution in [3.8, 4) is 11.6 Å². The van der Waals surface area contributed by atoms with Crippen molar-refractivity contribution in [3.05, 3.63) is 42.3 Å². The first-order valence-electron chi connectivity index (χ1n) is 4.70. The Hall–Kier alpha value is -2.10. The van der Waals surface area contributed by atoms with Gasteiger partial charge in [-0.05, 0) is 30.7 Å². The number of aryl methyl sites for hydroxylation is 1. The second kappa shape index (κ2) is 2.95. The van der Waals surface area contributed by atoms with Gasteiger partial charge in [0.2, 0.25) is 5.82 Å². The molecule has 4 heteroatoms. The second-order valence-electron chi connectivity index (χ2n) is 3.37. The van der Waals surface area contributed by atoms with Crippen LogP contribution in [0.15, 0.2) is 41.1 Å². The van der Waals surface area contributed by atoms with E-state index in [1.807, 2.05) is 37.4 Å². The molecule has 4 nitrogen and oxygen atoms in total. The van der Waals surface area contributed by atoms with Gasteiger partial charge >= 0.3 is 0 Å². The predicted molar refractivity (Wildman–Crippen MR) is 55.4 cm³/mol. The van der Waals surface area contributed by atoms with Gasteiger partial charge < -0.3 is 4.42 Å². The summed E-state index contributed by atoms with van der Waals surface area (Å²) in [5.41, 5.74) is 1.96. The number of hydrogen-bond acceptors (Lipinski definition) is 3. The van der Waals surface area contributed by atoms with Gasteiger partial charge in [-0.2, -0.15) is 0 Å². The Morgan fingerprint density at radius 1 is 1.27 bits per heavy atom. The molecule has 0 unspecified atom stereocenters. The SMILES string of the molecule is Cc1cccn2nc(-c3ccco3)nc12. The number of nitrogens with zero attached hydrogens (tertiary/aromatic N) is 3. The van der Waals surface area contributed by atoms with Crippen LogP contribution in [-0.4, -0.2) is 14.6 Å². The van der Waals surface area contributed by atoms with Crippen molar-refractivity contribution in [3.63, 3.8) is 0 Å². The zero-order valence-electron chi connectivity index (χ0n) is 8.21. The van der Waals surface area contributed by atoms with Gasteiger partial charge in [-0.3, -0.25) is 0 Å². The molecule has 0 aliphatic rings. The maximum atomic E-state index is 5.25. The first kappa shape index (κ1) is 8.23. The van der Waals surface area contributed by atoms with Crippen LogP contribution in [0.1, 0.15) is 5.56 Å². The van der Waals surface area contributed by atoms with Gasteiger partial charge in [0.25, 0.3) is 0 Å². The van der Waals surface area contributed by atoms with Crippen LogP contribution in [-0.2, 0) is 0 Å². The van der Waals surface area contributed by atoms with Crippen molar-refractivity contribution in [1.29, 1.82) is 0 Å². The van der Waals surface area contributed by atoms with E-state index in [4.69, 9.17) is 4.42 Å². The first-order valence-corrected chi connectivity index (χ1v) is 4.70. The minimum atomic E-state index is 0.620. The fraction of sp³-hybridized carbons (Fsp3) is 0.0909. The number of rotatable bonds is 1. The van der Waals surface area contributed by atoms with Gasteiger partial charge in [-0.25, -0.2) is 9.50 Å². The van der Waals surface area contributed by atoms with Crippen LogP contribution in [0, 0.1) is 6.92 Å². The smallest absolute Gasteiger partial charge is 0.217 e. The molecule has 0 atom stereocenters. The van der Waals surface area contributed by atoms with Crippen LogP contribution in [0.4, 0.5) is 0 Å². The van der Waals surface area contributed by atoms with Crippen LogP contribution in [0.5, 0.6) is 0 Å². The molecule has 0 aromatic carbocycles. The summed E-state index contributed by atoms with van der Waals surface area (Å²) < 4.78 is 7.01. The Kier molecular flexibility index (Phi) is 1.62. The van der Waals surface area contributed by atoms with Crippen molar-refractivity contribution < 1.29 is 4.42 Å². The molecule has 0 bridgehead atoms. The fourth-order valence-corrected chi connectivity index (χ4v) is 1.55. The number of pyridine rings is 1. The van der Waals surface area contributed by atoms with E-state index in [1.165, 1.54) is 0 Å². The van der Waals surface area contributed by atoms with E-state index in [0.29, 0.717) is 11.6 Å². The number of furan rings is 1. The van der Waals surface area contributed by atoms with Crippen molar-refractivity contribution in [2.24, 2.45) is 0 Å². The summed E-state index contributed by atoms with van der Waals surface area (Å²) in [7, 11) is 0. The van der Waals surface area contributed by atoms with Crippen molar-refractivity contribution in [2.75, 3.05) is 0 Å². The van der Waals surface area contributed by atoms with E-state index in [9.17, 15) is 0 Å². The molecule has 0 aliphatic heterocycles. The summed E-state index contributed by atoms with van der Waals surface area (Å²) in [5, 5.41) is 4.33. The molecule has 3 aromatic rings. The summed E-state index contributed by atoms with van der Waals surface area (Å²) in [6, 6.07) is 7.64. The topological polar surface area (TPSA) is 43.3 Å². The summed E-state index contributed by atoms with van der Waals surface area (Å²) in [5.74, 6) is 1.31. The Balaban J connectivity index is 2.27. The van der Waals surface area contributed by atoms with Crippen molar-refractivity contribution >= 4 is 5.65 Å². The van der Waals surface area contributed by atoms with Gasteiger partial charge in [0, 0.05) is 6.20 Å². The zero-order chi connectivity index (χ0) is 10.3. The molecule has 0 amide bonds. The van der Waals surface area contributed by atoms with E-state index in [1.54, 1.807) is 10.8 Å². The third kappa shape index (κ3) is 1.22. The molecule has 3 rings (SSSR count). The number of fused-ring (bicyclic) bond motifs is 1.